The normalized spacial score (nSPS) is 11.0. The lowest BCUT2D eigenvalue weighted by molar-refractivity contribution is 0.220. The minimum Gasteiger partial charge on any atom is -0.323 e. The summed E-state index contributed by atoms with van der Waals surface area (Å²) >= 11 is 0. The minimum absolute atomic E-state index is 0.134. The largest absolute Gasteiger partial charge is 0.323 e. The van der Waals surface area contributed by atoms with E-state index >= 15 is 0 Å². The van der Waals surface area contributed by atoms with Gasteiger partial charge in [0.25, 0.3) is 5.56 Å². The van der Waals surface area contributed by atoms with E-state index in [0.29, 0.717) is 17.7 Å². The van der Waals surface area contributed by atoms with Crippen molar-refractivity contribution in [2.24, 2.45) is 7.05 Å². The molecular weight excluding hydrogens is 422 g/mol. The summed E-state index contributed by atoms with van der Waals surface area (Å²) in [6.45, 7) is 8.62. The molecule has 5 nitrogen and oxygen atoms in total. The van der Waals surface area contributed by atoms with Gasteiger partial charge in [-0.2, -0.15) is 0 Å². The zero-order chi connectivity index (χ0) is 24.6. The van der Waals surface area contributed by atoms with Crippen molar-refractivity contribution < 1.29 is 4.79 Å². The number of amides is 2. The Bertz CT molecular complexity index is 1430. The molecule has 0 aliphatic carbocycles. The molecule has 34 heavy (non-hydrogen) atoms. The highest BCUT2D eigenvalue weighted by atomic mass is 16.2. The summed E-state index contributed by atoms with van der Waals surface area (Å²) in [7, 11) is 3.48. The Morgan fingerprint density at radius 2 is 1.47 bits per heavy atom. The topological polar surface area (TPSA) is 54.3 Å². The van der Waals surface area contributed by atoms with Crippen LogP contribution in [0.5, 0.6) is 0 Å². The van der Waals surface area contributed by atoms with Crippen LogP contribution in [0.2, 0.25) is 0 Å². The summed E-state index contributed by atoms with van der Waals surface area (Å²) in [5.41, 5.74) is 7.21. The highest BCUT2D eigenvalue weighted by molar-refractivity contribution is 6.05. The predicted octanol–water partition coefficient (Wildman–Crippen LogP) is 6.10. The highest BCUT2D eigenvalue weighted by Crippen LogP contribution is 2.35. The number of rotatable bonds is 4. The molecule has 0 aliphatic heterocycles. The fourth-order valence-electron chi connectivity index (χ4n) is 4.52. The van der Waals surface area contributed by atoms with Crippen molar-refractivity contribution in [3.8, 4) is 11.1 Å². The Balaban J connectivity index is 1.81. The lowest BCUT2D eigenvalue weighted by Gasteiger charge is -2.23. The maximum atomic E-state index is 13.3. The summed E-state index contributed by atoms with van der Waals surface area (Å²) in [6.07, 6.45) is 0. The van der Waals surface area contributed by atoms with Gasteiger partial charge in [-0.05, 0) is 61.4 Å². The average molecular weight is 454 g/mol. The molecule has 4 aromatic rings. The van der Waals surface area contributed by atoms with Crippen LogP contribution in [0.3, 0.4) is 0 Å². The Kier molecular flexibility index (Phi) is 6.29. The molecule has 0 atom stereocenters. The number of benzene rings is 3. The summed E-state index contributed by atoms with van der Waals surface area (Å²) in [4.78, 5) is 28.2. The number of fused-ring (bicyclic) bond motifs is 1. The summed E-state index contributed by atoms with van der Waals surface area (Å²) in [5, 5.41) is 4.53. The third-order valence-corrected chi connectivity index (χ3v) is 6.35. The number of anilines is 1. The molecule has 5 heteroatoms. The number of aryl methyl sites for hydroxylation is 4. The van der Waals surface area contributed by atoms with Crippen molar-refractivity contribution >= 4 is 22.6 Å². The molecule has 0 bridgehead atoms. The second-order valence-corrected chi connectivity index (χ2v) is 9.22. The van der Waals surface area contributed by atoms with E-state index in [1.165, 1.54) is 0 Å². The van der Waals surface area contributed by atoms with Crippen LogP contribution in [0.4, 0.5) is 10.6 Å². The maximum Gasteiger partial charge on any atom is 0.323 e. The van der Waals surface area contributed by atoms with E-state index in [9.17, 15) is 9.59 Å². The quantitative estimate of drug-likeness (QED) is 0.406. The van der Waals surface area contributed by atoms with E-state index in [2.05, 4.69) is 37.4 Å². The van der Waals surface area contributed by atoms with E-state index in [0.717, 1.165) is 44.3 Å². The Morgan fingerprint density at radius 3 is 2.09 bits per heavy atom. The molecule has 174 valence electrons. The van der Waals surface area contributed by atoms with Crippen LogP contribution in [0.1, 0.15) is 27.8 Å². The second-order valence-electron chi connectivity index (χ2n) is 9.22. The van der Waals surface area contributed by atoms with Gasteiger partial charge in [0.1, 0.15) is 5.82 Å². The molecule has 0 fully saturated rings. The summed E-state index contributed by atoms with van der Waals surface area (Å²) in [5.74, 6) is 0.490. The van der Waals surface area contributed by atoms with Gasteiger partial charge >= 0.3 is 6.03 Å². The number of nitrogens with one attached hydrogen (secondary N) is 1. The van der Waals surface area contributed by atoms with Gasteiger partial charge in [0.15, 0.2) is 0 Å². The minimum atomic E-state index is -0.269. The maximum absolute atomic E-state index is 13.3. The summed E-state index contributed by atoms with van der Waals surface area (Å²) in [6, 6.07) is 19.9. The molecule has 0 aliphatic rings. The van der Waals surface area contributed by atoms with Crippen LogP contribution in [0.15, 0.2) is 65.5 Å². The molecule has 1 N–H and O–H groups in total. The smallest absolute Gasteiger partial charge is 0.323 e. The van der Waals surface area contributed by atoms with Crippen LogP contribution < -0.4 is 10.9 Å². The predicted molar refractivity (Wildman–Crippen MR) is 141 cm³/mol. The molecule has 0 radical (unpaired) electrons. The second kappa shape index (κ2) is 9.18. The lowest BCUT2D eigenvalue weighted by Crippen LogP contribution is -2.33. The monoisotopic (exact) mass is 453 g/mol. The molecular formula is C29H31N3O2. The van der Waals surface area contributed by atoms with Crippen LogP contribution in [-0.2, 0) is 13.6 Å². The van der Waals surface area contributed by atoms with Crippen molar-refractivity contribution in [2.45, 2.75) is 34.2 Å². The van der Waals surface area contributed by atoms with Crippen molar-refractivity contribution in [1.82, 2.24) is 9.47 Å². The average Bonchev–Trinajstić information content (AvgIpc) is 2.78. The highest BCUT2D eigenvalue weighted by Gasteiger charge is 2.20. The van der Waals surface area contributed by atoms with E-state index in [4.69, 9.17) is 0 Å². The number of carbonyl (C=O) groups excluding carboxylic acids is 1. The molecule has 2 amide bonds. The standard InChI is InChI=1S/C29H31N3O2/c1-18-12-19(2)14-22(13-18)17-31(5)29(34)30-27-26(23-10-8-7-9-11-23)24-15-20(3)21(4)16-25(24)28(33)32(27)6/h7-16H,17H2,1-6H3,(H,30,34). The van der Waals surface area contributed by atoms with E-state index in [1.54, 1.807) is 23.6 Å². The van der Waals surface area contributed by atoms with E-state index in [1.807, 2.05) is 56.3 Å². The molecule has 0 saturated carbocycles. The molecule has 0 saturated heterocycles. The van der Waals surface area contributed by atoms with Gasteiger partial charge in [-0.3, -0.25) is 14.7 Å². The van der Waals surface area contributed by atoms with Crippen LogP contribution in [0.25, 0.3) is 21.9 Å². The third-order valence-electron chi connectivity index (χ3n) is 6.35. The number of aromatic nitrogens is 1. The van der Waals surface area contributed by atoms with Gasteiger partial charge in [-0.1, -0.05) is 65.7 Å². The zero-order valence-corrected chi connectivity index (χ0v) is 20.7. The van der Waals surface area contributed by atoms with Gasteiger partial charge in [-0.25, -0.2) is 4.79 Å². The first-order valence-electron chi connectivity index (χ1n) is 11.4. The molecule has 1 aromatic heterocycles. The number of hydrogen-bond donors (Lipinski definition) is 1. The van der Waals surface area contributed by atoms with Crippen LogP contribution in [0, 0.1) is 27.7 Å². The van der Waals surface area contributed by atoms with Crippen molar-refractivity contribution in [2.75, 3.05) is 12.4 Å². The Morgan fingerprint density at radius 1 is 0.882 bits per heavy atom. The fourth-order valence-corrected chi connectivity index (χ4v) is 4.52. The van der Waals surface area contributed by atoms with Crippen LogP contribution >= 0.6 is 0 Å². The number of nitrogens with zero attached hydrogens (tertiary/aromatic N) is 2. The van der Waals surface area contributed by atoms with Gasteiger partial charge in [0.2, 0.25) is 0 Å². The molecule has 0 spiro atoms. The fraction of sp³-hybridized carbons (Fsp3) is 0.241. The molecule has 0 unspecified atom stereocenters. The first-order valence-corrected chi connectivity index (χ1v) is 11.4. The number of hydrogen-bond acceptors (Lipinski definition) is 2. The van der Waals surface area contributed by atoms with Crippen LogP contribution in [-0.4, -0.2) is 22.5 Å². The Labute approximate surface area is 200 Å². The number of pyridine rings is 1. The number of urea groups is 1. The van der Waals surface area contributed by atoms with Gasteiger partial charge in [-0.15, -0.1) is 0 Å². The summed E-state index contributed by atoms with van der Waals surface area (Å²) < 4.78 is 1.54. The Hall–Kier alpha value is -3.86. The molecule has 4 rings (SSSR count). The van der Waals surface area contributed by atoms with Crippen molar-refractivity contribution in [3.05, 3.63) is 98.8 Å². The van der Waals surface area contributed by atoms with Crippen molar-refractivity contribution in [1.29, 1.82) is 0 Å². The third kappa shape index (κ3) is 4.46. The van der Waals surface area contributed by atoms with Gasteiger partial charge < -0.3 is 4.90 Å². The van der Waals surface area contributed by atoms with E-state index < -0.39 is 0 Å². The SMILES string of the molecule is Cc1cc(C)cc(CN(C)C(=O)Nc2c(-c3ccccc3)c3cc(C)c(C)cc3c(=O)n2C)c1. The first kappa shape index (κ1) is 23.3. The molecule has 3 aromatic carbocycles. The zero-order valence-electron chi connectivity index (χ0n) is 20.7. The van der Waals surface area contributed by atoms with E-state index in [-0.39, 0.29) is 11.6 Å². The van der Waals surface area contributed by atoms with Gasteiger partial charge in [0, 0.05) is 31.6 Å². The molecule has 1 heterocycles. The van der Waals surface area contributed by atoms with Gasteiger partial charge in [0.05, 0.1) is 0 Å². The first-order chi connectivity index (χ1) is 16.2. The number of carbonyl (C=O) groups is 1. The van der Waals surface area contributed by atoms with Crippen molar-refractivity contribution in [3.63, 3.8) is 0 Å². The lowest BCUT2D eigenvalue weighted by atomic mass is 9.95.